The lowest BCUT2D eigenvalue weighted by Crippen LogP contribution is -2.61. The van der Waals surface area contributed by atoms with Gasteiger partial charge >= 0.3 is 17.9 Å². The number of aliphatic hydroxyl groups is 2. The van der Waals surface area contributed by atoms with Crippen LogP contribution in [0.5, 0.6) is 0 Å². The second-order valence-corrected chi connectivity index (χ2v) is 7.99. The van der Waals surface area contributed by atoms with Crippen molar-refractivity contribution in [2.45, 2.75) is 30.7 Å². The van der Waals surface area contributed by atoms with Gasteiger partial charge in [0, 0.05) is 0 Å². The van der Waals surface area contributed by atoms with Crippen LogP contribution in [0.2, 0.25) is 0 Å². The summed E-state index contributed by atoms with van der Waals surface area (Å²) in [5.74, 6) is -2.27. The quantitative estimate of drug-likeness (QED) is 0.377. The zero-order valence-electron chi connectivity index (χ0n) is 19.0. The van der Waals surface area contributed by atoms with E-state index in [2.05, 4.69) is 0 Å². The Balaban J connectivity index is 1.57. The molecule has 1 heterocycles. The van der Waals surface area contributed by atoms with Gasteiger partial charge < -0.3 is 29.2 Å². The Labute approximate surface area is 206 Å². The first-order valence-corrected chi connectivity index (χ1v) is 11.2. The molecular weight excluding hydrogens is 468 g/mol. The van der Waals surface area contributed by atoms with Crippen LogP contribution in [0, 0.1) is 0 Å². The molecule has 0 unspecified atom stereocenters. The fraction of sp³-hybridized carbons (Fsp3) is 0.222. The number of carbonyl (C=O) groups excluding carboxylic acids is 3. The third-order valence-electron chi connectivity index (χ3n) is 5.53. The average molecular weight is 492 g/mol. The van der Waals surface area contributed by atoms with E-state index in [1.165, 1.54) is 24.3 Å². The summed E-state index contributed by atoms with van der Waals surface area (Å²) in [6.45, 7) is -0.455. The maximum absolute atomic E-state index is 12.8. The van der Waals surface area contributed by atoms with Crippen molar-refractivity contribution in [3.8, 4) is 0 Å². The van der Waals surface area contributed by atoms with Crippen LogP contribution in [0.1, 0.15) is 31.1 Å². The first kappa shape index (κ1) is 25.1. The molecule has 5 atom stereocenters. The topological polar surface area (TPSA) is 129 Å². The minimum absolute atomic E-state index is 0.186. The highest BCUT2D eigenvalue weighted by molar-refractivity contribution is 5.90. The third-order valence-corrected chi connectivity index (χ3v) is 5.53. The minimum atomic E-state index is -1.80. The van der Waals surface area contributed by atoms with Gasteiger partial charge in [-0.05, 0) is 36.4 Å². The Morgan fingerprint density at radius 1 is 0.639 bits per heavy atom. The Hall–Kier alpha value is -4.05. The number of hydrogen-bond acceptors (Lipinski definition) is 9. The van der Waals surface area contributed by atoms with E-state index in [0.29, 0.717) is 0 Å². The standard InChI is InChI=1S/C27H24O9/c28-21-23(36-26(31)19-14-8-3-9-15-19)22(35-25(30)18-12-6-2-7-13-18)20(34-27(21)32)16-33-24(29)17-10-4-1-5-11-17/h1-15,20-23,27-28,32H,16H2/t20-,21-,22-,23+,27-/m1/s1. The van der Waals surface area contributed by atoms with Gasteiger partial charge in [-0.1, -0.05) is 54.6 Å². The molecule has 3 aromatic rings. The van der Waals surface area contributed by atoms with Crippen molar-refractivity contribution in [3.63, 3.8) is 0 Å². The molecule has 0 amide bonds. The van der Waals surface area contributed by atoms with E-state index in [9.17, 15) is 24.6 Å². The number of esters is 3. The molecule has 0 bridgehead atoms. The molecule has 1 aliphatic heterocycles. The maximum atomic E-state index is 12.8. The molecule has 0 aromatic heterocycles. The lowest BCUT2D eigenvalue weighted by molar-refractivity contribution is -0.285. The molecule has 2 N–H and O–H groups in total. The van der Waals surface area contributed by atoms with Crippen LogP contribution < -0.4 is 0 Å². The van der Waals surface area contributed by atoms with Gasteiger partial charge in [0.15, 0.2) is 18.5 Å². The molecule has 9 nitrogen and oxygen atoms in total. The van der Waals surface area contributed by atoms with E-state index >= 15 is 0 Å². The first-order chi connectivity index (χ1) is 17.4. The molecule has 36 heavy (non-hydrogen) atoms. The molecule has 0 saturated carbocycles. The fourth-order valence-corrected chi connectivity index (χ4v) is 3.67. The molecule has 3 aromatic carbocycles. The zero-order valence-corrected chi connectivity index (χ0v) is 19.0. The van der Waals surface area contributed by atoms with Crippen molar-refractivity contribution < 1.29 is 43.5 Å². The number of benzene rings is 3. The van der Waals surface area contributed by atoms with Gasteiger partial charge in [0.05, 0.1) is 16.7 Å². The van der Waals surface area contributed by atoms with Gasteiger partial charge in [0.2, 0.25) is 0 Å². The number of aliphatic hydroxyl groups excluding tert-OH is 2. The second-order valence-electron chi connectivity index (χ2n) is 7.99. The first-order valence-electron chi connectivity index (χ1n) is 11.2. The predicted molar refractivity (Wildman–Crippen MR) is 125 cm³/mol. The lowest BCUT2D eigenvalue weighted by Gasteiger charge is -2.41. The summed E-state index contributed by atoms with van der Waals surface area (Å²) in [7, 11) is 0. The smallest absolute Gasteiger partial charge is 0.338 e. The summed E-state index contributed by atoms with van der Waals surface area (Å²) in [5, 5.41) is 20.9. The van der Waals surface area contributed by atoms with E-state index in [0.717, 1.165) is 0 Å². The van der Waals surface area contributed by atoms with Crippen LogP contribution in [0.3, 0.4) is 0 Å². The number of ether oxygens (including phenoxy) is 4. The van der Waals surface area contributed by atoms with Gasteiger partial charge in [0.1, 0.15) is 18.8 Å². The van der Waals surface area contributed by atoms with Gasteiger partial charge in [-0.2, -0.15) is 0 Å². The number of hydrogen-bond donors (Lipinski definition) is 2. The molecule has 1 aliphatic rings. The van der Waals surface area contributed by atoms with Crippen LogP contribution >= 0.6 is 0 Å². The lowest BCUT2D eigenvalue weighted by atomic mass is 9.98. The molecule has 1 fully saturated rings. The molecule has 0 spiro atoms. The Bertz CT molecular complexity index is 1170. The van der Waals surface area contributed by atoms with E-state index < -0.39 is 55.2 Å². The van der Waals surface area contributed by atoms with E-state index in [1.54, 1.807) is 66.7 Å². The molecular formula is C27H24O9. The SMILES string of the molecule is O=C(OC[C@H]1O[C@@H](O)[C@H](O)[C@H](OC(=O)c2ccccc2)[C@@H]1OC(=O)c1ccccc1)c1ccccc1. The molecule has 186 valence electrons. The highest BCUT2D eigenvalue weighted by atomic mass is 16.7. The summed E-state index contributed by atoms with van der Waals surface area (Å²) in [6.07, 6.45) is -7.72. The van der Waals surface area contributed by atoms with Gasteiger partial charge in [0.25, 0.3) is 0 Å². The van der Waals surface area contributed by atoms with E-state index in [4.69, 9.17) is 18.9 Å². The van der Waals surface area contributed by atoms with Gasteiger partial charge in [-0.25, -0.2) is 14.4 Å². The summed E-state index contributed by atoms with van der Waals surface area (Å²) in [4.78, 5) is 38.0. The van der Waals surface area contributed by atoms with Crippen LogP contribution in [-0.2, 0) is 18.9 Å². The van der Waals surface area contributed by atoms with Crippen LogP contribution in [0.4, 0.5) is 0 Å². The fourth-order valence-electron chi connectivity index (χ4n) is 3.67. The summed E-state index contributed by atoms with van der Waals surface area (Å²) < 4.78 is 21.8. The molecule has 4 rings (SSSR count). The summed E-state index contributed by atoms with van der Waals surface area (Å²) in [6, 6.07) is 24.2. The Morgan fingerprint density at radius 3 is 1.53 bits per heavy atom. The minimum Gasteiger partial charge on any atom is -0.459 e. The zero-order chi connectivity index (χ0) is 25.5. The van der Waals surface area contributed by atoms with Crippen molar-refractivity contribution in [2.75, 3.05) is 6.61 Å². The molecule has 1 saturated heterocycles. The Morgan fingerprint density at radius 2 is 1.06 bits per heavy atom. The predicted octanol–water partition coefficient (Wildman–Crippen LogP) is 2.37. The largest absolute Gasteiger partial charge is 0.459 e. The third kappa shape index (κ3) is 5.95. The molecule has 9 heteroatoms. The van der Waals surface area contributed by atoms with Crippen molar-refractivity contribution in [1.29, 1.82) is 0 Å². The van der Waals surface area contributed by atoms with Crippen LogP contribution in [0.15, 0.2) is 91.0 Å². The van der Waals surface area contributed by atoms with Crippen molar-refractivity contribution in [3.05, 3.63) is 108 Å². The highest BCUT2D eigenvalue weighted by Crippen LogP contribution is 2.27. The molecule has 0 radical (unpaired) electrons. The van der Waals surface area contributed by atoms with Gasteiger partial charge in [-0.3, -0.25) is 0 Å². The van der Waals surface area contributed by atoms with Crippen LogP contribution in [0.25, 0.3) is 0 Å². The van der Waals surface area contributed by atoms with E-state index in [1.807, 2.05) is 0 Å². The van der Waals surface area contributed by atoms with Crippen molar-refractivity contribution >= 4 is 17.9 Å². The van der Waals surface area contributed by atoms with Crippen molar-refractivity contribution in [1.82, 2.24) is 0 Å². The summed E-state index contributed by atoms with van der Waals surface area (Å²) in [5.41, 5.74) is 0.663. The second kappa shape index (κ2) is 11.6. The number of carbonyl (C=O) groups is 3. The van der Waals surface area contributed by atoms with E-state index in [-0.39, 0.29) is 16.7 Å². The number of rotatable bonds is 7. The highest BCUT2D eigenvalue weighted by Gasteiger charge is 2.50. The average Bonchev–Trinajstić information content (AvgIpc) is 2.92. The molecule has 0 aliphatic carbocycles. The monoisotopic (exact) mass is 492 g/mol. The van der Waals surface area contributed by atoms with Crippen molar-refractivity contribution in [2.24, 2.45) is 0 Å². The van der Waals surface area contributed by atoms with Gasteiger partial charge in [-0.15, -0.1) is 0 Å². The van der Waals surface area contributed by atoms with Crippen LogP contribution in [-0.4, -0.2) is 65.4 Å². The normalized spacial score (nSPS) is 23.3. The summed E-state index contributed by atoms with van der Waals surface area (Å²) >= 11 is 0. The maximum Gasteiger partial charge on any atom is 0.338 e. The Kier molecular flexibility index (Phi) is 8.06.